The Morgan fingerprint density at radius 1 is 1.56 bits per heavy atom. The van der Waals surface area contributed by atoms with E-state index in [0.717, 1.165) is 10.2 Å². The fraction of sp³-hybridized carbons (Fsp3) is 0.167. The van der Waals surface area contributed by atoms with Crippen molar-refractivity contribution in [1.82, 2.24) is 4.98 Å². The van der Waals surface area contributed by atoms with Gasteiger partial charge in [0.15, 0.2) is 5.13 Å². The first-order chi connectivity index (χ1) is 8.70. The van der Waals surface area contributed by atoms with E-state index in [-0.39, 0.29) is 5.91 Å². The standard InChI is InChI=1S/C12H11BrN2O2S/c1-2-17-10-4-3-8(7-9(10)13)11(16)15-12-14-5-6-18-12/h3-7H,2H2,1H3,(H,14,15,16). The van der Waals surface area contributed by atoms with Crippen LogP contribution in [0.4, 0.5) is 5.13 Å². The summed E-state index contributed by atoms with van der Waals surface area (Å²) in [5.74, 6) is 0.539. The first-order valence-electron chi connectivity index (χ1n) is 5.34. The minimum Gasteiger partial charge on any atom is -0.493 e. The van der Waals surface area contributed by atoms with Gasteiger partial charge in [0.05, 0.1) is 11.1 Å². The number of aromatic nitrogens is 1. The Morgan fingerprint density at radius 2 is 2.39 bits per heavy atom. The van der Waals surface area contributed by atoms with Crippen LogP contribution in [0.25, 0.3) is 0 Å². The van der Waals surface area contributed by atoms with Crippen LogP contribution in [0.1, 0.15) is 17.3 Å². The number of nitrogens with one attached hydrogen (secondary N) is 1. The zero-order valence-electron chi connectivity index (χ0n) is 9.64. The van der Waals surface area contributed by atoms with Crippen LogP contribution in [-0.4, -0.2) is 17.5 Å². The summed E-state index contributed by atoms with van der Waals surface area (Å²) in [7, 11) is 0. The summed E-state index contributed by atoms with van der Waals surface area (Å²) < 4.78 is 6.15. The lowest BCUT2D eigenvalue weighted by molar-refractivity contribution is 0.102. The monoisotopic (exact) mass is 326 g/mol. The van der Waals surface area contributed by atoms with Gasteiger partial charge in [0.1, 0.15) is 5.75 Å². The van der Waals surface area contributed by atoms with Gasteiger partial charge in [-0.15, -0.1) is 11.3 Å². The molecule has 94 valence electrons. The maximum atomic E-state index is 11.9. The highest BCUT2D eigenvalue weighted by molar-refractivity contribution is 9.10. The van der Waals surface area contributed by atoms with E-state index in [0.29, 0.717) is 17.3 Å². The third-order valence-electron chi connectivity index (χ3n) is 2.15. The van der Waals surface area contributed by atoms with Crippen LogP contribution in [0, 0.1) is 0 Å². The van der Waals surface area contributed by atoms with Crippen molar-refractivity contribution in [2.45, 2.75) is 6.92 Å². The Morgan fingerprint density at radius 3 is 3.00 bits per heavy atom. The van der Waals surface area contributed by atoms with Crippen LogP contribution in [0.2, 0.25) is 0 Å². The topological polar surface area (TPSA) is 51.2 Å². The van der Waals surface area contributed by atoms with E-state index in [1.165, 1.54) is 11.3 Å². The van der Waals surface area contributed by atoms with Gasteiger partial charge in [0.2, 0.25) is 0 Å². The summed E-state index contributed by atoms with van der Waals surface area (Å²) >= 11 is 4.76. The third kappa shape index (κ3) is 3.08. The molecule has 18 heavy (non-hydrogen) atoms. The van der Waals surface area contributed by atoms with Crippen LogP contribution in [0.5, 0.6) is 5.75 Å². The van der Waals surface area contributed by atoms with E-state index in [1.807, 2.05) is 12.3 Å². The Hall–Kier alpha value is -1.40. The minimum atomic E-state index is -0.186. The molecule has 0 aliphatic carbocycles. The van der Waals surface area contributed by atoms with Gasteiger partial charge in [-0.1, -0.05) is 0 Å². The van der Waals surface area contributed by atoms with Crippen molar-refractivity contribution in [3.63, 3.8) is 0 Å². The maximum Gasteiger partial charge on any atom is 0.257 e. The number of hydrogen-bond donors (Lipinski definition) is 1. The fourth-order valence-corrected chi connectivity index (χ4v) is 2.39. The second-order valence-electron chi connectivity index (χ2n) is 3.37. The largest absolute Gasteiger partial charge is 0.493 e. The summed E-state index contributed by atoms with van der Waals surface area (Å²) in [6.45, 7) is 2.50. The van der Waals surface area contributed by atoms with Crippen molar-refractivity contribution >= 4 is 38.3 Å². The number of anilines is 1. The Labute approximate surface area is 117 Å². The van der Waals surface area contributed by atoms with E-state index in [4.69, 9.17) is 4.74 Å². The number of thiazole rings is 1. The van der Waals surface area contributed by atoms with Gasteiger partial charge in [-0.05, 0) is 41.1 Å². The van der Waals surface area contributed by atoms with Crippen molar-refractivity contribution in [2.75, 3.05) is 11.9 Å². The van der Waals surface area contributed by atoms with Crippen LogP contribution in [-0.2, 0) is 0 Å². The number of rotatable bonds is 4. The van der Waals surface area contributed by atoms with Crippen LogP contribution in [0.15, 0.2) is 34.2 Å². The quantitative estimate of drug-likeness (QED) is 0.934. The molecule has 2 aromatic rings. The minimum absolute atomic E-state index is 0.186. The van der Waals surface area contributed by atoms with Crippen molar-refractivity contribution in [3.05, 3.63) is 39.8 Å². The SMILES string of the molecule is CCOc1ccc(C(=O)Nc2nccs2)cc1Br. The molecule has 0 aliphatic rings. The first-order valence-corrected chi connectivity index (χ1v) is 7.01. The molecule has 1 heterocycles. The molecule has 1 amide bonds. The van der Waals surface area contributed by atoms with E-state index in [2.05, 4.69) is 26.2 Å². The van der Waals surface area contributed by atoms with Crippen molar-refractivity contribution in [2.24, 2.45) is 0 Å². The van der Waals surface area contributed by atoms with Crippen LogP contribution < -0.4 is 10.1 Å². The van der Waals surface area contributed by atoms with Crippen molar-refractivity contribution < 1.29 is 9.53 Å². The number of ether oxygens (including phenoxy) is 1. The van der Waals surface area contributed by atoms with Gasteiger partial charge in [0.25, 0.3) is 5.91 Å². The molecule has 0 saturated carbocycles. The molecule has 0 spiro atoms. The molecule has 2 rings (SSSR count). The molecule has 4 nitrogen and oxygen atoms in total. The molecule has 1 N–H and O–H groups in total. The van der Waals surface area contributed by atoms with Crippen LogP contribution >= 0.6 is 27.3 Å². The molecule has 6 heteroatoms. The molecule has 0 bridgehead atoms. The van der Waals surface area contributed by atoms with E-state index in [9.17, 15) is 4.79 Å². The molecule has 0 fully saturated rings. The number of halogens is 1. The molecule has 0 radical (unpaired) electrons. The number of nitrogens with zero attached hydrogens (tertiary/aromatic N) is 1. The number of amides is 1. The van der Waals surface area contributed by atoms with E-state index in [1.54, 1.807) is 24.4 Å². The van der Waals surface area contributed by atoms with Gasteiger partial charge in [0, 0.05) is 17.1 Å². The van der Waals surface area contributed by atoms with Gasteiger partial charge in [-0.3, -0.25) is 10.1 Å². The third-order valence-corrected chi connectivity index (χ3v) is 3.45. The van der Waals surface area contributed by atoms with Gasteiger partial charge < -0.3 is 4.74 Å². The Kier molecular flexibility index (Phi) is 4.33. The molecular formula is C12H11BrN2O2S. The van der Waals surface area contributed by atoms with E-state index >= 15 is 0 Å². The molecule has 1 aromatic heterocycles. The smallest absolute Gasteiger partial charge is 0.257 e. The average Bonchev–Trinajstić information content (AvgIpc) is 2.84. The number of benzene rings is 1. The Balaban J connectivity index is 2.13. The molecule has 0 saturated heterocycles. The van der Waals surface area contributed by atoms with E-state index < -0.39 is 0 Å². The first kappa shape index (κ1) is 13.0. The summed E-state index contributed by atoms with van der Waals surface area (Å²) in [5, 5.41) is 5.12. The Bertz CT molecular complexity index is 543. The normalized spacial score (nSPS) is 10.1. The summed E-state index contributed by atoms with van der Waals surface area (Å²) in [4.78, 5) is 15.9. The second kappa shape index (κ2) is 5.97. The van der Waals surface area contributed by atoms with Crippen molar-refractivity contribution in [1.29, 1.82) is 0 Å². The molecule has 0 unspecified atom stereocenters. The number of carbonyl (C=O) groups is 1. The summed E-state index contributed by atoms with van der Waals surface area (Å²) in [6.07, 6.45) is 1.65. The predicted molar refractivity (Wildman–Crippen MR) is 75.4 cm³/mol. The van der Waals surface area contributed by atoms with Gasteiger partial charge in [-0.2, -0.15) is 0 Å². The lowest BCUT2D eigenvalue weighted by atomic mass is 10.2. The summed E-state index contributed by atoms with van der Waals surface area (Å²) in [5.41, 5.74) is 0.556. The zero-order chi connectivity index (χ0) is 13.0. The number of carbonyl (C=O) groups excluding carboxylic acids is 1. The molecule has 0 aliphatic heterocycles. The predicted octanol–water partition coefficient (Wildman–Crippen LogP) is 3.56. The summed E-state index contributed by atoms with van der Waals surface area (Å²) in [6, 6.07) is 5.22. The maximum absolute atomic E-state index is 11.9. The molecule has 1 aromatic carbocycles. The number of hydrogen-bond acceptors (Lipinski definition) is 4. The molecule has 0 atom stereocenters. The zero-order valence-corrected chi connectivity index (χ0v) is 12.0. The van der Waals surface area contributed by atoms with Crippen molar-refractivity contribution in [3.8, 4) is 5.75 Å². The average molecular weight is 327 g/mol. The van der Waals surface area contributed by atoms with Crippen LogP contribution in [0.3, 0.4) is 0 Å². The highest BCUT2D eigenvalue weighted by Crippen LogP contribution is 2.26. The lowest BCUT2D eigenvalue weighted by Crippen LogP contribution is -2.11. The van der Waals surface area contributed by atoms with Gasteiger partial charge in [-0.25, -0.2) is 4.98 Å². The molecular weight excluding hydrogens is 316 g/mol. The lowest BCUT2D eigenvalue weighted by Gasteiger charge is -2.07. The van der Waals surface area contributed by atoms with Gasteiger partial charge >= 0.3 is 0 Å². The second-order valence-corrected chi connectivity index (χ2v) is 5.12. The highest BCUT2D eigenvalue weighted by Gasteiger charge is 2.10. The highest BCUT2D eigenvalue weighted by atomic mass is 79.9. The fourth-order valence-electron chi connectivity index (χ4n) is 1.37.